The predicted octanol–water partition coefficient (Wildman–Crippen LogP) is 5.11. The summed E-state index contributed by atoms with van der Waals surface area (Å²) in [6.07, 6.45) is 3.91. The maximum absolute atomic E-state index is 12.3. The molecule has 0 saturated carbocycles. The van der Waals surface area contributed by atoms with Crippen LogP contribution in [0.4, 0.5) is 5.69 Å². The Labute approximate surface area is 178 Å². The highest BCUT2D eigenvalue weighted by molar-refractivity contribution is 9.10. The first-order chi connectivity index (χ1) is 14.0. The second-order valence-corrected chi connectivity index (χ2v) is 7.82. The van der Waals surface area contributed by atoms with E-state index in [0.717, 1.165) is 35.0 Å². The number of amides is 1. The normalized spacial score (nSPS) is 10.7. The van der Waals surface area contributed by atoms with Crippen molar-refractivity contribution in [3.63, 3.8) is 0 Å². The molecule has 150 valence electrons. The lowest BCUT2D eigenvalue weighted by Gasteiger charge is -2.08. The molecule has 0 fully saturated rings. The van der Waals surface area contributed by atoms with E-state index in [2.05, 4.69) is 43.3 Å². The highest BCUT2D eigenvalue weighted by Crippen LogP contribution is 2.19. The molecule has 0 aliphatic carbocycles. The maximum atomic E-state index is 12.3. The van der Waals surface area contributed by atoms with Crippen molar-refractivity contribution in [3.8, 4) is 11.4 Å². The van der Waals surface area contributed by atoms with Crippen molar-refractivity contribution in [3.05, 3.63) is 80.7 Å². The molecule has 29 heavy (non-hydrogen) atoms. The smallest absolute Gasteiger partial charge is 0.251 e. The van der Waals surface area contributed by atoms with E-state index in [1.165, 1.54) is 11.6 Å². The van der Waals surface area contributed by atoms with Crippen molar-refractivity contribution < 1.29 is 4.79 Å². The van der Waals surface area contributed by atoms with Crippen molar-refractivity contribution in [1.82, 2.24) is 9.97 Å². The van der Waals surface area contributed by atoms with Crippen LogP contribution in [0, 0.1) is 0 Å². The Morgan fingerprint density at radius 1 is 1.10 bits per heavy atom. The van der Waals surface area contributed by atoms with E-state index >= 15 is 0 Å². The fraction of sp³-hybridized carbons (Fsp3) is 0.261. The number of hydrogen-bond donors (Lipinski definition) is 2. The lowest BCUT2D eigenvalue weighted by atomic mass is 10.1. The zero-order valence-corrected chi connectivity index (χ0v) is 18.0. The molecule has 1 heterocycles. The van der Waals surface area contributed by atoms with Gasteiger partial charge in [-0.2, -0.15) is 0 Å². The first-order valence-electron chi connectivity index (χ1n) is 9.78. The van der Waals surface area contributed by atoms with E-state index in [9.17, 15) is 9.59 Å². The lowest BCUT2D eigenvalue weighted by molar-refractivity contribution is -0.116. The van der Waals surface area contributed by atoms with Gasteiger partial charge in [-0.1, -0.05) is 47.1 Å². The van der Waals surface area contributed by atoms with Crippen LogP contribution in [0.25, 0.3) is 11.4 Å². The molecule has 0 aliphatic heterocycles. The summed E-state index contributed by atoms with van der Waals surface area (Å²) >= 11 is 3.43. The van der Waals surface area contributed by atoms with Gasteiger partial charge >= 0.3 is 0 Å². The summed E-state index contributed by atoms with van der Waals surface area (Å²) in [5.41, 5.74) is 3.31. The quantitative estimate of drug-likeness (QED) is 0.465. The summed E-state index contributed by atoms with van der Waals surface area (Å²) in [4.78, 5) is 31.3. The zero-order valence-electron chi connectivity index (χ0n) is 16.4. The van der Waals surface area contributed by atoms with Gasteiger partial charge in [0.25, 0.3) is 5.56 Å². The van der Waals surface area contributed by atoms with Crippen LogP contribution in [0.3, 0.4) is 0 Å². The van der Waals surface area contributed by atoms with E-state index < -0.39 is 0 Å². The van der Waals surface area contributed by atoms with Gasteiger partial charge in [0.1, 0.15) is 5.82 Å². The highest BCUT2D eigenvalue weighted by atomic mass is 79.9. The van der Waals surface area contributed by atoms with Crippen LogP contribution in [-0.2, 0) is 17.6 Å². The Morgan fingerprint density at radius 3 is 2.66 bits per heavy atom. The number of aromatic amines is 1. The van der Waals surface area contributed by atoms with Crippen LogP contribution >= 0.6 is 15.9 Å². The first-order valence-corrected chi connectivity index (χ1v) is 10.6. The molecule has 0 aliphatic rings. The molecule has 1 aromatic heterocycles. The van der Waals surface area contributed by atoms with Crippen LogP contribution in [0.1, 0.15) is 37.4 Å². The summed E-state index contributed by atoms with van der Waals surface area (Å²) in [7, 11) is 0. The standard InChI is InChI=1S/C23H24BrN3O2/c1-2-19-15-22(29)27-23(26-19)17-7-5-8-20(14-17)25-21(28)9-4-3-6-16-10-12-18(24)13-11-16/h5,7-8,10-15H,2-4,6,9H2,1H3,(H,25,28)(H,26,27,29). The van der Waals surface area contributed by atoms with E-state index in [1.54, 1.807) is 0 Å². The van der Waals surface area contributed by atoms with Gasteiger partial charge in [-0.3, -0.25) is 9.59 Å². The van der Waals surface area contributed by atoms with Crippen molar-refractivity contribution in [2.45, 2.75) is 39.0 Å². The fourth-order valence-corrected chi connectivity index (χ4v) is 3.32. The van der Waals surface area contributed by atoms with Crippen molar-refractivity contribution in [1.29, 1.82) is 0 Å². The molecule has 6 heteroatoms. The molecule has 2 N–H and O–H groups in total. The Balaban J connectivity index is 1.54. The zero-order chi connectivity index (χ0) is 20.6. The molecule has 0 atom stereocenters. The minimum absolute atomic E-state index is 0.0123. The van der Waals surface area contributed by atoms with Crippen LogP contribution in [-0.4, -0.2) is 15.9 Å². The minimum Gasteiger partial charge on any atom is -0.326 e. The molecule has 3 rings (SSSR count). The monoisotopic (exact) mass is 453 g/mol. The summed E-state index contributed by atoms with van der Waals surface area (Å²) in [5.74, 6) is 0.502. The van der Waals surface area contributed by atoms with Crippen molar-refractivity contribution in [2.75, 3.05) is 5.32 Å². The minimum atomic E-state index is -0.174. The number of nitrogens with zero attached hydrogens (tertiary/aromatic N) is 1. The molecule has 0 saturated heterocycles. The number of halogens is 1. The van der Waals surface area contributed by atoms with Crippen LogP contribution < -0.4 is 10.9 Å². The number of rotatable bonds is 8. The number of benzene rings is 2. The summed E-state index contributed by atoms with van der Waals surface area (Å²) in [5, 5.41) is 2.94. The van der Waals surface area contributed by atoms with Gasteiger partial charge in [-0.05, 0) is 55.5 Å². The molecular weight excluding hydrogens is 430 g/mol. The summed E-state index contributed by atoms with van der Waals surface area (Å²) in [6, 6.07) is 17.2. The fourth-order valence-electron chi connectivity index (χ4n) is 3.06. The van der Waals surface area contributed by atoms with E-state index in [-0.39, 0.29) is 11.5 Å². The van der Waals surface area contributed by atoms with E-state index in [0.29, 0.717) is 24.4 Å². The van der Waals surface area contributed by atoms with Crippen molar-refractivity contribution in [2.24, 2.45) is 0 Å². The molecule has 3 aromatic rings. The van der Waals surface area contributed by atoms with Crippen LogP contribution in [0.15, 0.2) is 63.9 Å². The van der Waals surface area contributed by atoms with Gasteiger partial charge in [0.2, 0.25) is 5.91 Å². The van der Waals surface area contributed by atoms with Crippen LogP contribution in [0.2, 0.25) is 0 Å². The highest BCUT2D eigenvalue weighted by Gasteiger charge is 2.07. The molecule has 1 amide bonds. The number of carbonyl (C=O) groups is 1. The maximum Gasteiger partial charge on any atom is 0.251 e. The SMILES string of the molecule is CCc1cc(=O)[nH]c(-c2cccc(NC(=O)CCCCc3ccc(Br)cc3)c2)n1. The lowest BCUT2D eigenvalue weighted by Crippen LogP contribution is -2.12. The van der Waals surface area contributed by atoms with E-state index in [1.807, 2.05) is 43.3 Å². The number of unbranched alkanes of at least 4 members (excludes halogenated alkanes) is 1. The third kappa shape index (κ3) is 6.39. The molecule has 5 nitrogen and oxygen atoms in total. The molecule has 0 bridgehead atoms. The number of aryl methyl sites for hydroxylation is 2. The average Bonchev–Trinajstić information content (AvgIpc) is 2.72. The third-order valence-electron chi connectivity index (χ3n) is 4.61. The summed E-state index contributed by atoms with van der Waals surface area (Å²) in [6.45, 7) is 1.96. The van der Waals surface area contributed by atoms with Gasteiger partial charge < -0.3 is 10.3 Å². The summed E-state index contributed by atoms with van der Waals surface area (Å²) < 4.78 is 1.07. The van der Waals surface area contributed by atoms with Gasteiger partial charge in [0, 0.05) is 33.9 Å². The number of carbonyl (C=O) groups excluding carboxylic acids is 1. The average molecular weight is 454 g/mol. The molecule has 0 spiro atoms. The Hall–Kier alpha value is -2.73. The van der Waals surface area contributed by atoms with Gasteiger partial charge in [0.05, 0.1) is 0 Å². The van der Waals surface area contributed by atoms with Crippen molar-refractivity contribution >= 4 is 27.5 Å². The molecule has 0 unspecified atom stereocenters. The second kappa shape index (κ2) is 10.2. The Morgan fingerprint density at radius 2 is 1.90 bits per heavy atom. The number of nitrogens with one attached hydrogen (secondary N) is 2. The molecular formula is C23H24BrN3O2. The van der Waals surface area contributed by atoms with Gasteiger partial charge in [-0.25, -0.2) is 4.98 Å². The number of hydrogen-bond acceptors (Lipinski definition) is 3. The van der Waals surface area contributed by atoms with Gasteiger partial charge in [-0.15, -0.1) is 0 Å². The Bertz CT molecular complexity index is 1030. The topological polar surface area (TPSA) is 74.8 Å². The largest absolute Gasteiger partial charge is 0.326 e. The van der Waals surface area contributed by atoms with E-state index in [4.69, 9.17) is 0 Å². The molecule has 0 radical (unpaired) electrons. The van der Waals surface area contributed by atoms with Crippen LogP contribution in [0.5, 0.6) is 0 Å². The molecule has 2 aromatic carbocycles. The third-order valence-corrected chi connectivity index (χ3v) is 5.14. The van der Waals surface area contributed by atoms with Gasteiger partial charge in [0.15, 0.2) is 0 Å². The Kier molecular flexibility index (Phi) is 7.36. The predicted molar refractivity (Wildman–Crippen MR) is 120 cm³/mol. The second-order valence-electron chi connectivity index (χ2n) is 6.90. The first kappa shape index (κ1) is 21.0. The number of aromatic nitrogens is 2. The number of anilines is 1. The number of H-pyrrole nitrogens is 1.